The molecule has 1 amide bonds. The predicted molar refractivity (Wildman–Crippen MR) is 202 cm³/mol. The van der Waals surface area contributed by atoms with Crippen LogP contribution in [0.15, 0.2) is 36.4 Å². The number of carboxylic acid groups (broad SMARTS) is 1. The zero-order valence-corrected chi connectivity index (χ0v) is 30.6. The van der Waals surface area contributed by atoms with Crippen molar-refractivity contribution in [2.45, 2.75) is 60.4 Å². The van der Waals surface area contributed by atoms with E-state index >= 15 is 0 Å². The van der Waals surface area contributed by atoms with Crippen LogP contribution in [0.25, 0.3) is 22.0 Å². The second-order valence-corrected chi connectivity index (χ2v) is 13.2. The van der Waals surface area contributed by atoms with Crippen LogP contribution in [-0.2, 0) is 17.8 Å². The lowest BCUT2D eigenvalue weighted by Gasteiger charge is -2.23. The van der Waals surface area contributed by atoms with E-state index in [1.165, 1.54) is 6.21 Å². The van der Waals surface area contributed by atoms with Gasteiger partial charge in [0.25, 0.3) is 12.4 Å². The molecular weight excluding hydrogens is 675 g/mol. The molecular formula is C38H42Cl2N6O4. The number of aromatic nitrogens is 3. The van der Waals surface area contributed by atoms with Crippen LogP contribution in [0.1, 0.15) is 62.5 Å². The van der Waals surface area contributed by atoms with Crippen molar-refractivity contribution in [3.63, 3.8) is 0 Å². The Labute approximate surface area is 301 Å². The van der Waals surface area contributed by atoms with E-state index in [0.29, 0.717) is 43.3 Å². The Morgan fingerprint density at radius 2 is 1.74 bits per heavy atom. The molecule has 3 aromatic carbocycles. The summed E-state index contributed by atoms with van der Waals surface area (Å²) in [6.07, 6.45) is 3.46. The normalized spacial score (nSPS) is 12.6. The molecule has 5 aromatic rings. The maximum atomic E-state index is 14.8. The number of benzene rings is 3. The quantitative estimate of drug-likeness (QED) is 0.0685. The molecule has 12 heteroatoms. The summed E-state index contributed by atoms with van der Waals surface area (Å²) in [5.74, 6) is 0.738. The second kappa shape index (κ2) is 15.4. The van der Waals surface area contributed by atoms with Gasteiger partial charge in [-0.2, -0.15) is 5.10 Å². The zero-order chi connectivity index (χ0) is 36.3. The van der Waals surface area contributed by atoms with Crippen molar-refractivity contribution in [3.05, 3.63) is 91.3 Å². The number of H-pyrrole nitrogens is 1. The largest absolute Gasteiger partial charge is 0.494 e. The van der Waals surface area contributed by atoms with E-state index in [-0.39, 0.29) is 12.4 Å². The Morgan fingerprint density at radius 1 is 1.04 bits per heavy atom. The molecule has 3 heterocycles. The maximum Gasteiger partial charge on any atom is 0.290 e. The van der Waals surface area contributed by atoms with Crippen molar-refractivity contribution in [1.82, 2.24) is 14.8 Å². The molecule has 0 bridgehead atoms. The van der Waals surface area contributed by atoms with E-state index in [2.05, 4.69) is 26.1 Å². The van der Waals surface area contributed by atoms with Gasteiger partial charge in [0.1, 0.15) is 11.4 Å². The Bertz CT molecular complexity index is 2060. The minimum Gasteiger partial charge on any atom is -0.494 e. The van der Waals surface area contributed by atoms with Gasteiger partial charge in [0, 0.05) is 70.5 Å². The molecule has 4 N–H and O–H groups in total. The van der Waals surface area contributed by atoms with Gasteiger partial charge in [0.15, 0.2) is 0 Å². The lowest BCUT2D eigenvalue weighted by molar-refractivity contribution is -0.122. The summed E-state index contributed by atoms with van der Waals surface area (Å²) in [5, 5.41) is 28.0. The second-order valence-electron chi connectivity index (χ2n) is 12.5. The number of hydrogen-bond donors (Lipinski definition) is 4. The number of aromatic amines is 1. The Morgan fingerprint density at radius 3 is 2.36 bits per heavy atom. The monoisotopic (exact) mass is 716 g/mol. The van der Waals surface area contributed by atoms with Crippen molar-refractivity contribution in [2.75, 3.05) is 30.4 Å². The van der Waals surface area contributed by atoms with E-state index in [0.717, 1.165) is 89.8 Å². The van der Waals surface area contributed by atoms with Crippen LogP contribution in [-0.4, -0.2) is 58.7 Å². The molecule has 1 aliphatic heterocycles. The van der Waals surface area contributed by atoms with E-state index < -0.39 is 0 Å². The van der Waals surface area contributed by atoms with Crippen molar-refractivity contribution in [3.8, 4) is 16.9 Å². The molecule has 1 aliphatic rings. The first-order valence-electron chi connectivity index (χ1n) is 16.4. The lowest BCUT2D eigenvalue weighted by atomic mass is 9.98. The number of carbonyl (C=O) groups excluding carboxylic acids is 1. The summed E-state index contributed by atoms with van der Waals surface area (Å²) in [6, 6.07) is 11.9. The number of carbonyl (C=O) groups is 2. The van der Waals surface area contributed by atoms with Crippen LogP contribution >= 0.6 is 23.2 Å². The molecule has 6 rings (SSSR count). The van der Waals surface area contributed by atoms with Crippen molar-refractivity contribution >= 4 is 64.1 Å². The van der Waals surface area contributed by atoms with Crippen molar-refractivity contribution < 1.29 is 19.4 Å². The first-order valence-corrected chi connectivity index (χ1v) is 17.2. The van der Waals surface area contributed by atoms with Gasteiger partial charge < -0.3 is 30.0 Å². The van der Waals surface area contributed by atoms with Gasteiger partial charge in [-0.1, -0.05) is 29.3 Å². The summed E-state index contributed by atoms with van der Waals surface area (Å²) in [6.45, 7) is 11.4. The third kappa shape index (κ3) is 6.82. The summed E-state index contributed by atoms with van der Waals surface area (Å²) >= 11 is 13.4. The van der Waals surface area contributed by atoms with Crippen LogP contribution in [0.3, 0.4) is 0 Å². The van der Waals surface area contributed by atoms with Gasteiger partial charge in [-0.3, -0.25) is 14.7 Å². The third-order valence-corrected chi connectivity index (χ3v) is 10.1. The summed E-state index contributed by atoms with van der Waals surface area (Å²) in [5.41, 5.74) is 11.6. The number of nitrogens with one attached hydrogen (secondary N) is 3. The highest BCUT2D eigenvalue weighted by atomic mass is 35.5. The Kier molecular flexibility index (Phi) is 11.2. The molecule has 0 unspecified atom stereocenters. The number of anilines is 2. The lowest BCUT2D eigenvalue weighted by Crippen LogP contribution is -2.32. The van der Waals surface area contributed by atoms with Gasteiger partial charge in [-0.05, 0) is 106 Å². The zero-order valence-electron chi connectivity index (χ0n) is 29.1. The molecule has 2 aromatic heterocycles. The fraction of sp³-hybridized carbons (Fsp3) is 0.316. The molecule has 0 spiro atoms. The minimum absolute atomic E-state index is 0.0506. The van der Waals surface area contributed by atoms with Gasteiger partial charge in [0.2, 0.25) is 0 Å². The SMILES string of the molecule is CNc1cc(N2CCCn3c(c(CCCOc4cc(C)c(Cl)c(C)c4)c4ccc(Cl)c(-c5c(C)n[nH]c5C)c43)C2=O)cc(C)c1C=N.O=CO. The standard InChI is InChI=1S/C37H40Cl2N6O2.CH2O2/c1-20-15-25(18-31(41-6)29(20)19-40)44-12-8-13-45-35-28(10-11-30(38)33(35)32-23(4)42-43-24(32)5)27(36(45)37(44)46)9-7-14-47-26-16-21(2)34(39)22(3)17-26;2-1-3/h10-11,15-19,40-41H,7-9,12-14H2,1-6H3,(H,42,43);1H,(H,2,3). The maximum absolute atomic E-state index is 14.8. The van der Waals surface area contributed by atoms with Crippen LogP contribution in [0.4, 0.5) is 11.4 Å². The molecule has 0 radical (unpaired) electrons. The summed E-state index contributed by atoms with van der Waals surface area (Å²) in [7, 11) is 1.84. The predicted octanol–water partition coefficient (Wildman–Crippen LogP) is 8.68. The Hall–Kier alpha value is -4.80. The average molecular weight is 718 g/mol. The van der Waals surface area contributed by atoms with Crippen molar-refractivity contribution in [2.24, 2.45) is 0 Å². The van der Waals surface area contributed by atoms with Gasteiger partial charge in [-0.25, -0.2) is 0 Å². The number of aryl methyl sites for hydroxylation is 7. The molecule has 0 saturated carbocycles. The van der Waals surface area contributed by atoms with Crippen LogP contribution < -0.4 is 15.0 Å². The first kappa shape index (κ1) is 36.5. The Balaban J connectivity index is 0.00000156. The van der Waals surface area contributed by atoms with Crippen LogP contribution in [0.5, 0.6) is 5.75 Å². The van der Waals surface area contributed by atoms with Crippen molar-refractivity contribution in [1.29, 1.82) is 5.41 Å². The smallest absolute Gasteiger partial charge is 0.290 e. The number of ether oxygens (including phenoxy) is 1. The van der Waals surface area contributed by atoms with Crippen LogP contribution in [0.2, 0.25) is 10.0 Å². The topological polar surface area (TPSA) is 136 Å². The highest BCUT2D eigenvalue weighted by Gasteiger charge is 2.32. The molecule has 50 heavy (non-hydrogen) atoms. The third-order valence-electron chi connectivity index (χ3n) is 9.21. The molecule has 0 atom stereocenters. The number of amides is 1. The van der Waals surface area contributed by atoms with Crippen LogP contribution in [0, 0.1) is 40.0 Å². The first-order chi connectivity index (χ1) is 24.0. The summed E-state index contributed by atoms with van der Waals surface area (Å²) < 4.78 is 8.38. The molecule has 0 aliphatic carbocycles. The molecule has 0 fully saturated rings. The fourth-order valence-electron chi connectivity index (χ4n) is 7.00. The van der Waals surface area contributed by atoms with E-state index in [1.54, 1.807) is 0 Å². The molecule has 262 valence electrons. The number of fused-ring (bicyclic) bond motifs is 3. The summed E-state index contributed by atoms with van der Waals surface area (Å²) in [4.78, 5) is 25.1. The molecule has 0 saturated heterocycles. The number of nitrogens with zero attached hydrogens (tertiary/aromatic N) is 3. The highest BCUT2D eigenvalue weighted by Crippen LogP contribution is 2.43. The van der Waals surface area contributed by atoms with E-state index in [1.807, 2.05) is 76.9 Å². The number of rotatable bonds is 9. The highest BCUT2D eigenvalue weighted by molar-refractivity contribution is 6.35. The number of halogens is 2. The van der Waals surface area contributed by atoms with Gasteiger partial charge in [-0.15, -0.1) is 0 Å². The minimum atomic E-state index is -0.250. The van der Waals surface area contributed by atoms with E-state index in [4.69, 9.17) is 43.2 Å². The van der Waals surface area contributed by atoms with Gasteiger partial charge >= 0.3 is 0 Å². The molecule has 10 nitrogen and oxygen atoms in total. The average Bonchev–Trinajstić information content (AvgIpc) is 3.51. The van der Waals surface area contributed by atoms with Gasteiger partial charge in [0.05, 0.1) is 22.8 Å². The van der Waals surface area contributed by atoms with E-state index in [9.17, 15) is 4.79 Å². The number of hydrogen-bond acceptors (Lipinski definition) is 6. The fourth-order valence-corrected chi connectivity index (χ4v) is 7.35.